The van der Waals surface area contributed by atoms with Crippen molar-refractivity contribution >= 4 is 11.8 Å². The summed E-state index contributed by atoms with van der Waals surface area (Å²) in [4.78, 5) is 29.6. The number of carbonyl (C=O) groups is 2. The zero-order valence-electron chi connectivity index (χ0n) is 15.5. The molecule has 0 bridgehead atoms. The molecule has 134 valence electrons. The normalized spacial score (nSPS) is 21.2. The number of nitrogens with zero attached hydrogens (tertiary/aromatic N) is 2. The van der Waals surface area contributed by atoms with Crippen molar-refractivity contribution in [3.8, 4) is 0 Å². The Morgan fingerprint density at radius 2 is 1.77 bits per heavy atom. The predicted octanol–water partition coefficient (Wildman–Crippen LogP) is 3.31. The Morgan fingerprint density at radius 1 is 1.08 bits per heavy atom. The Morgan fingerprint density at radius 3 is 2.54 bits per heavy atom. The van der Waals surface area contributed by atoms with E-state index in [1.54, 1.807) is 4.90 Å². The first-order valence-corrected chi connectivity index (χ1v) is 9.12. The fraction of sp³-hybridized carbons (Fsp3) is 0.364. The fourth-order valence-corrected chi connectivity index (χ4v) is 4.32. The van der Waals surface area contributed by atoms with Crippen LogP contribution in [-0.2, 0) is 10.2 Å². The number of piperazine rings is 1. The predicted molar refractivity (Wildman–Crippen MR) is 101 cm³/mol. The molecule has 1 fully saturated rings. The van der Waals surface area contributed by atoms with Crippen LogP contribution in [0.2, 0.25) is 0 Å². The van der Waals surface area contributed by atoms with E-state index in [2.05, 4.69) is 32.0 Å². The topological polar surface area (TPSA) is 40.6 Å². The standard InChI is InChI=1S/C22H24N2O2/c1-15-8-4-5-9-16(15)21(26)23-12-19-17-10-6-7-11-18(17)22(2,3)14-24(19)20(25)13-23/h4-11,19H,12-14H2,1-3H3. The first-order chi connectivity index (χ1) is 12.4. The van der Waals surface area contributed by atoms with E-state index in [1.807, 2.05) is 42.2 Å². The van der Waals surface area contributed by atoms with Gasteiger partial charge in [-0.05, 0) is 29.7 Å². The molecular weight excluding hydrogens is 324 g/mol. The molecule has 1 atom stereocenters. The van der Waals surface area contributed by atoms with E-state index < -0.39 is 0 Å². The molecule has 1 unspecified atom stereocenters. The average molecular weight is 348 g/mol. The number of carbonyl (C=O) groups excluding carboxylic acids is 2. The van der Waals surface area contributed by atoms with E-state index in [-0.39, 0.29) is 29.8 Å². The molecule has 0 spiro atoms. The molecule has 4 nitrogen and oxygen atoms in total. The summed E-state index contributed by atoms with van der Waals surface area (Å²) in [6.07, 6.45) is 0. The van der Waals surface area contributed by atoms with Crippen LogP contribution in [0.25, 0.3) is 0 Å². The summed E-state index contributed by atoms with van der Waals surface area (Å²) >= 11 is 0. The van der Waals surface area contributed by atoms with Gasteiger partial charge in [0.15, 0.2) is 0 Å². The Kier molecular flexibility index (Phi) is 3.87. The highest BCUT2D eigenvalue weighted by atomic mass is 16.2. The molecule has 0 N–H and O–H groups in total. The molecule has 0 aliphatic carbocycles. The van der Waals surface area contributed by atoms with Crippen molar-refractivity contribution in [1.29, 1.82) is 0 Å². The van der Waals surface area contributed by atoms with Gasteiger partial charge < -0.3 is 9.80 Å². The van der Waals surface area contributed by atoms with Gasteiger partial charge in [0.1, 0.15) is 6.54 Å². The minimum Gasteiger partial charge on any atom is -0.331 e. The van der Waals surface area contributed by atoms with Crippen molar-refractivity contribution < 1.29 is 9.59 Å². The lowest BCUT2D eigenvalue weighted by atomic mass is 9.75. The van der Waals surface area contributed by atoms with Gasteiger partial charge in [-0.25, -0.2) is 0 Å². The highest BCUT2D eigenvalue weighted by Gasteiger charge is 2.44. The number of amides is 2. The highest BCUT2D eigenvalue weighted by Crippen LogP contribution is 2.41. The smallest absolute Gasteiger partial charge is 0.254 e. The third-order valence-corrected chi connectivity index (χ3v) is 5.69. The summed E-state index contributed by atoms with van der Waals surface area (Å²) < 4.78 is 0. The van der Waals surface area contributed by atoms with Gasteiger partial charge in [-0.1, -0.05) is 56.3 Å². The van der Waals surface area contributed by atoms with Crippen molar-refractivity contribution in [2.45, 2.75) is 32.2 Å². The van der Waals surface area contributed by atoms with Gasteiger partial charge in [0.2, 0.25) is 5.91 Å². The van der Waals surface area contributed by atoms with Gasteiger partial charge in [-0.2, -0.15) is 0 Å². The number of hydrogen-bond acceptors (Lipinski definition) is 2. The monoisotopic (exact) mass is 348 g/mol. The first-order valence-electron chi connectivity index (χ1n) is 9.12. The second-order valence-corrected chi connectivity index (χ2v) is 8.01. The van der Waals surface area contributed by atoms with Crippen LogP contribution >= 0.6 is 0 Å². The number of hydrogen-bond donors (Lipinski definition) is 0. The average Bonchev–Trinajstić information content (AvgIpc) is 2.62. The van der Waals surface area contributed by atoms with Crippen LogP contribution in [0.1, 0.15) is 46.9 Å². The highest BCUT2D eigenvalue weighted by molar-refractivity contribution is 5.98. The molecule has 2 heterocycles. The molecule has 2 aliphatic heterocycles. The summed E-state index contributed by atoms with van der Waals surface area (Å²) in [6.45, 7) is 7.69. The van der Waals surface area contributed by atoms with Crippen LogP contribution in [0, 0.1) is 6.92 Å². The van der Waals surface area contributed by atoms with Gasteiger partial charge in [-0.3, -0.25) is 9.59 Å². The Hall–Kier alpha value is -2.62. The van der Waals surface area contributed by atoms with Crippen molar-refractivity contribution in [3.05, 3.63) is 70.8 Å². The van der Waals surface area contributed by atoms with Crippen LogP contribution < -0.4 is 0 Å². The van der Waals surface area contributed by atoms with Crippen molar-refractivity contribution in [1.82, 2.24) is 9.80 Å². The quantitative estimate of drug-likeness (QED) is 0.793. The number of rotatable bonds is 1. The van der Waals surface area contributed by atoms with Crippen LogP contribution in [0.15, 0.2) is 48.5 Å². The lowest BCUT2D eigenvalue weighted by molar-refractivity contribution is -0.140. The molecule has 0 saturated carbocycles. The largest absolute Gasteiger partial charge is 0.331 e. The van der Waals surface area contributed by atoms with Crippen molar-refractivity contribution in [3.63, 3.8) is 0 Å². The molecular formula is C22H24N2O2. The number of aryl methyl sites for hydroxylation is 1. The van der Waals surface area contributed by atoms with Crippen molar-refractivity contribution in [2.24, 2.45) is 0 Å². The summed E-state index contributed by atoms with van der Waals surface area (Å²) in [5.74, 6) is -0.0239. The van der Waals surface area contributed by atoms with E-state index in [9.17, 15) is 9.59 Å². The Bertz CT molecular complexity index is 887. The van der Waals surface area contributed by atoms with Gasteiger partial charge in [0, 0.05) is 24.1 Å². The third-order valence-electron chi connectivity index (χ3n) is 5.69. The maximum absolute atomic E-state index is 13.0. The van der Waals surface area contributed by atoms with Gasteiger partial charge in [-0.15, -0.1) is 0 Å². The van der Waals surface area contributed by atoms with Crippen LogP contribution in [0.4, 0.5) is 0 Å². The molecule has 4 heteroatoms. The molecule has 2 aromatic rings. The molecule has 1 saturated heterocycles. The third kappa shape index (κ3) is 2.61. The summed E-state index contributed by atoms with van der Waals surface area (Å²) in [5, 5.41) is 0. The van der Waals surface area contributed by atoms with E-state index in [0.717, 1.165) is 5.56 Å². The molecule has 26 heavy (non-hydrogen) atoms. The zero-order chi connectivity index (χ0) is 18.5. The van der Waals surface area contributed by atoms with E-state index in [0.29, 0.717) is 18.7 Å². The molecule has 0 aromatic heterocycles. The minimum atomic E-state index is -0.0784. The van der Waals surface area contributed by atoms with Crippen LogP contribution in [0.5, 0.6) is 0 Å². The Balaban J connectivity index is 1.70. The van der Waals surface area contributed by atoms with Gasteiger partial charge >= 0.3 is 0 Å². The number of benzene rings is 2. The maximum atomic E-state index is 13.0. The fourth-order valence-electron chi connectivity index (χ4n) is 4.32. The van der Waals surface area contributed by atoms with Gasteiger partial charge in [0.25, 0.3) is 5.91 Å². The van der Waals surface area contributed by atoms with Crippen LogP contribution in [0.3, 0.4) is 0 Å². The molecule has 4 rings (SSSR count). The van der Waals surface area contributed by atoms with E-state index >= 15 is 0 Å². The first kappa shape index (κ1) is 16.8. The molecule has 2 aliphatic rings. The summed E-state index contributed by atoms with van der Waals surface area (Å²) in [5.41, 5.74) is 3.99. The Labute approximate surface area is 154 Å². The lowest BCUT2D eigenvalue weighted by Crippen LogP contribution is -2.58. The SMILES string of the molecule is Cc1ccccc1C(=O)N1CC(=O)N2CC(C)(C)c3ccccc3C2C1. The summed E-state index contributed by atoms with van der Waals surface area (Å²) in [7, 11) is 0. The molecule has 2 amide bonds. The van der Waals surface area contributed by atoms with Crippen molar-refractivity contribution in [2.75, 3.05) is 19.6 Å². The number of fused-ring (bicyclic) bond motifs is 3. The van der Waals surface area contributed by atoms with E-state index in [4.69, 9.17) is 0 Å². The lowest BCUT2D eigenvalue weighted by Gasteiger charge is -2.49. The maximum Gasteiger partial charge on any atom is 0.254 e. The minimum absolute atomic E-state index is 0.0331. The molecule has 0 radical (unpaired) electrons. The zero-order valence-corrected chi connectivity index (χ0v) is 15.5. The molecule has 2 aromatic carbocycles. The van der Waals surface area contributed by atoms with E-state index in [1.165, 1.54) is 11.1 Å². The second-order valence-electron chi connectivity index (χ2n) is 8.01. The summed E-state index contributed by atoms with van der Waals surface area (Å²) in [6, 6.07) is 15.8. The van der Waals surface area contributed by atoms with Gasteiger partial charge in [0.05, 0.1) is 6.04 Å². The second kappa shape index (κ2) is 5.97. The van der Waals surface area contributed by atoms with Crippen LogP contribution in [-0.4, -0.2) is 41.2 Å².